The molecule has 0 amide bonds. The van der Waals surface area contributed by atoms with Crippen LogP contribution in [-0.2, 0) is 6.54 Å². The van der Waals surface area contributed by atoms with E-state index in [0.29, 0.717) is 5.92 Å². The van der Waals surface area contributed by atoms with Gasteiger partial charge in [-0.15, -0.1) is 0 Å². The smallest absolute Gasteiger partial charge is 0.177 e. The zero-order valence-electron chi connectivity index (χ0n) is 7.94. The first kappa shape index (κ1) is 8.23. The van der Waals surface area contributed by atoms with Crippen molar-refractivity contribution in [2.24, 2.45) is 5.92 Å². The van der Waals surface area contributed by atoms with Crippen LogP contribution < -0.4 is 0 Å². The maximum absolute atomic E-state index is 4.22. The lowest BCUT2D eigenvalue weighted by Gasteiger charge is -2.05. The van der Waals surface area contributed by atoms with Gasteiger partial charge in [-0.2, -0.15) is 0 Å². The molecule has 0 fully saturated rings. The molecule has 3 heteroatoms. The van der Waals surface area contributed by atoms with Gasteiger partial charge in [-0.25, -0.2) is 9.97 Å². The van der Waals surface area contributed by atoms with Crippen LogP contribution in [0.4, 0.5) is 0 Å². The van der Waals surface area contributed by atoms with Crippen LogP contribution in [0.15, 0.2) is 24.7 Å². The van der Waals surface area contributed by atoms with E-state index in [9.17, 15) is 0 Å². The molecular formula is C10H13N3. The highest BCUT2D eigenvalue weighted by molar-refractivity contribution is 5.70. The largest absolute Gasteiger partial charge is 0.329 e. The normalized spacial score (nSPS) is 11.3. The van der Waals surface area contributed by atoms with Crippen molar-refractivity contribution in [2.75, 3.05) is 0 Å². The van der Waals surface area contributed by atoms with Crippen molar-refractivity contribution < 1.29 is 0 Å². The van der Waals surface area contributed by atoms with Crippen LogP contribution in [0.3, 0.4) is 0 Å². The first-order chi connectivity index (χ1) is 6.27. The van der Waals surface area contributed by atoms with E-state index in [1.54, 1.807) is 6.20 Å². The topological polar surface area (TPSA) is 30.7 Å². The van der Waals surface area contributed by atoms with Crippen molar-refractivity contribution in [3.05, 3.63) is 24.7 Å². The summed E-state index contributed by atoms with van der Waals surface area (Å²) < 4.78 is 2.15. The monoisotopic (exact) mass is 175 g/mol. The van der Waals surface area contributed by atoms with E-state index in [0.717, 1.165) is 17.7 Å². The number of hydrogen-bond donors (Lipinski definition) is 0. The Kier molecular flexibility index (Phi) is 2.00. The SMILES string of the molecule is CC(C)Cn1cnc2ncccc21. The number of pyridine rings is 1. The van der Waals surface area contributed by atoms with Gasteiger partial charge < -0.3 is 4.57 Å². The average Bonchev–Trinajstić information content (AvgIpc) is 2.48. The molecule has 0 saturated heterocycles. The Balaban J connectivity index is 2.46. The van der Waals surface area contributed by atoms with Gasteiger partial charge >= 0.3 is 0 Å². The summed E-state index contributed by atoms with van der Waals surface area (Å²) in [6.45, 7) is 5.40. The first-order valence-electron chi connectivity index (χ1n) is 4.53. The Hall–Kier alpha value is -1.38. The van der Waals surface area contributed by atoms with E-state index in [4.69, 9.17) is 0 Å². The highest BCUT2D eigenvalue weighted by atomic mass is 15.1. The Bertz CT molecular complexity index is 403. The molecule has 2 aromatic heterocycles. The molecule has 68 valence electrons. The third-order valence-electron chi connectivity index (χ3n) is 1.96. The quantitative estimate of drug-likeness (QED) is 0.699. The Morgan fingerprint density at radius 1 is 1.38 bits per heavy atom. The number of imidazole rings is 1. The lowest BCUT2D eigenvalue weighted by Crippen LogP contribution is -2.02. The molecule has 0 aromatic carbocycles. The lowest BCUT2D eigenvalue weighted by atomic mass is 10.2. The molecule has 0 aliphatic heterocycles. The molecule has 0 unspecified atom stereocenters. The predicted molar refractivity (Wildman–Crippen MR) is 52.4 cm³/mol. The molecule has 2 heterocycles. The summed E-state index contributed by atoms with van der Waals surface area (Å²) in [5, 5.41) is 0. The van der Waals surface area contributed by atoms with Gasteiger partial charge in [0.15, 0.2) is 5.65 Å². The molecule has 0 radical (unpaired) electrons. The van der Waals surface area contributed by atoms with E-state index >= 15 is 0 Å². The number of fused-ring (bicyclic) bond motifs is 1. The van der Waals surface area contributed by atoms with Gasteiger partial charge in [0.05, 0.1) is 11.8 Å². The maximum Gasteiger partial charge on any atom is 0.177 e. The van der Waals surface area contributed by atoms with Crippen molar-refractivity contribution in [3.63, 3.8) is 0 Å². The standard InChI is InChI=1S/C10H13N3/c1-8(2)6-13-7-12-10-9(13)4-3-5-11-10/h3-5,7-8H,6H2,1-2H3. The minimum absolute atomic E-state index is 0.637. The Morgan fingerprint density at radius 3 is 3.00 bits per heavy atom. The zero-order chi connectivity index (χ0) is 9.26. The van der Waals surface area contributed by atoms with Crippen LogP contribution >= 0.6 is 0 Å². The molecule has 0 saturated carbocycles. The highest BCUT2D eigenvalue weighted by Gasteiger charge is 2.03. The molecule has 0 aliphatic carbocycles. The van der Waals surface area contributed by atoms with E-state index in [-0.39, 0.29) is 0 Å². The molecule has 2 rings (SSSR count). The molecule has 3 nitrogen and oxygen atoms in total. The summed E-state index contributed by atoms with van der Waals surface area (Å²) in [5.74, 6) is 0.637. The number of rotatable bonds is 2. The molecule has 0 N–H and O–H groups in total. The first-order valence-corrected chi connectivity index (χ1v) is 4.53. The summed E-state index contributed by atoms with van der Waals surface area (Å²) in [7, 11) is 0. The summed E-state index contributed by atoms with van der Waals surface area (Å²) in [6.07, 6.45) is 3.63. The number of aromatic nitrogens is 3. The second kappa shape index (κ2) is 3.17. The molecule has 0 atom stereocenters. The molecule has 0 spiro atoms. The van der Waals surface area contributed by atoms with Gasteiger partial charge in [0, 0.05) is 12.7 Å². The van der Waals surface area contributed by atoms with Crippen molar-refractivity contribution >= 4 is 11.2 Å². The maximum atomic E-state index is 4.22. The lowest BCUT2D eigenvalue weighted by molar-refractivity contribution is 0.533. The minimum Gasteiger partial charge on any atom is -0.329 e. The minimum atomic E-state index is 0.637. The average molecular weight is 175 g/mol. The van der Waals surface area contributed by atoms with E-state index in [1.807, 2.05) is 12.4 Å². The molecule has 2 aromatic rings. The van der Waals surface area contributed by atoms with Crippen molar-refractivity contribution in [1.82, 2.24) is 14.5 Å². The summed E-state index contributed by atoms with van der Waals surface area (Å²) in [4.78, 5) is 8.40. The van der Waals surface area contributed by atoms with Gasteiger partial charge in [-0.1, -0.05) is 13.8 Å². The fraction of sp³-hybridized carbons (Fsp3) is 0.400. The van der Waals surface area contributed by atoms with Gasteiger partial charge in [0.2, 0.25) is 0 Å². The van der Waals surface area contributed by atoms with E-state index in [1.165, 1.54) is 0 Å². The molecule has 0 aliphatic rings. The third-order valence-corrected chi connectivity index (χ3v) is 1.96. The van der Waals surface area contributed by atoms with Crippen LogP contribution in [0, 0.1) is 5.92 Å². The highest BCUT2D eigenvalue weighted by Crippen LogP contribution is 2.10. The summed E-state index contributed by atoms with van der Waals surface area (Å²) >= 11 is 0. The molecule has 0 bridgehead atoms. The summed E-state index contributed by atoms with van der Waals surface area (Å²) in [6, 6.07) is 4.00. The van der Waals surface area contributed by atoms with Gasteiger partial charge in [0.25, 0.3) is 0 Å². The van der Waals surface area contributed by atoms with E-state index in [2.05, 4.69) is 34.4 Å². The van der Waals surface area contributed by atoms with Crippen molar-refractivity contribution in [1.29, 1.82) is 0 Å². The fourth-order valence-electron chi connectivity index (χ4n) is 1.44. The van der Waals surface area contributed by atoms with Gasteiger partial charge in [0.1, 0.15) is 0 Å². The number of hydrogen-bond acceptors (Lipinski definition) is 2. The van der Waals surface area contributed by atoms with Gasteiger partial charge in [-0.05, 0) is 18.1 Å². The van der Waals surface area contributed by atoms with Gasteiger partial charge in [-0.3, -0.25) is 0 Å². The van der Waals surface area contributed by atoms with Crippen LogP contribution in [0.1, 0.15) is 13.8 Å². The van der Waals surface area contributed by atoms with E-state index < -0.39 is 0 Å². The second-order valence-corrected chi connectivity index (χ2v) is 3.64. The van der Waals surface area contributed by atoms with Crippen molar-refractivity contribution in [2.45, 2.75) is 20.4 Å². The van der Waals surface area contributed by atoms with Crippen molar-refractivity contribution in [3.8, 4) is 0 Å². The second-order valence-electron chi connectivity index (χ2n) is 3.64. The Labute approximate surface area is 77.4 Å². The van der Waals surface area contributed by atoms with Crippen LogP contribution in [0.5, 0.6) is 0 Å². The Morgan fingerprint density at radius 2 is 2.23 bits per heavy atom. The third kappa shape index (κ3) is 1.54. The molecular weight excluding hydrogens is 162 g/mol. The molecule has 13 heavy (non-hydrogen) atoms. The summed E-state index contributed by atoms with van der Waals surface area (Å²) in [5.41, 5.74) is 1.96. The number of nitrogens with zero attached hydrogens (tertiary/aromatic N) is 3. The zero-order valence-corrected chi connectivity index (χ0v) is 7.94. The van der Waals surface area contributed by atoms with Crippen LogP contribution in [0.2, 0.25) is 0 Å². The van der Waals surface area contributed by atoms with Crippen LogP contribution in [0.25, 0.3) is 11.2 Å². The van der Waals surface area contributed by atoms with Crippen LogP contribution in [-0.4, -0.2) is 14.5 Å². The fourth-order valence-corrected chi connectivity index (χ4v) is 1.44. The predicted octanol–water partition coefficient (Wildman–Crippen LogP) is 2.09.